The number of hydrogen-bond donors (Lipinski definition) is 1. The van der Waals surface area contributed by atoms with Crippen molar-refractivity contribution in [3.8, 4) is 18.1 Å². The van der Waals surface area contributed by atoms with Crippen molar-refractivity contribution in [3.63, 3.8) is 0 Å². The summed E-state index contributed by atoms with van der Waals surface area (Å²) in [5.41, 5.74) is -0.188. The number of rotatable bonds is 5. The van der Waals surface area contributed by atoms with Gasteiger partial charge in [0.05, 0.1) is 10.6 Å². The van der Waals surface area contributed by atoms with Crippen molar-refractivity contribution in [2.75, 3.05) is 11.5 Å². The third-order valence-electron chi connectivity index (χ3n) is 3.89. The van der Waals surface area contributed by atoms with Gasteiger partial charge in [-0.3, -0.25) is 25.0 Å². The molecule has 144 valence electrons. The van der Waals surface area contributed by atoms with Crippen LogP contribution in [0.15, 0.2) is 54.1 Å². The Hall–Kier alpha value is -4.45. The molecule has 1 aliphatic rings. The molecule has 1 fully saturated rings. The number of carbonyl (C=O) groups excluding carboxylic acids is 3. The fourth-order valence-corrected chi connectivity index (χ4v) is 2.62. The molecule has 0 saturated carbocycles. The van der Waals surface area contributed by atoms with Gasteiger partial charge >= 0.3 is 6.03 Å². The molecule has 0 atom stereocenters. The topological polar surface area (TPSA) is 119 Å². The molecule has 9 nitrogen and oxygen atoms in total. The molecule has 1 heterocycles. The summed E-state index contributed by atoms with van der Waals surface area (Å²) in [5.74, 6) is 0.976. The zero-order valence-electron chi connectivity index (χ0n) is 14.8. The van der Waals surface area contributed by atoms with E-state index in [-0.39, 0.29) is 23.6 Å². The highest BCUT2D eigenvalue weighted by atomic mass is 16.6. The van der Waals surface area contributed by atoms with Crippen LogP contribution in [-0.4, -0.2) is 29.4 Å². The molecule has 1 aliphatic heterocycles. The number of nitro groups is 1. The summed E-state index contributed by atoms with van der Waals surface area (Å²) in [7, 11) is 0. The van der Waals surface area contributed by atoms with Crippen LogP contribution in [-0.2, 0) is 9.59 Å². The number of non-ortho nitro benzene ring substituents is 1. The summed E-state index contributed by atoms with van der Waals surface area (Å²) in [6.07, 6.45) is 6.44. The first-order valence-electron chi connectivity index (χ1n) is 8.23. The number of anilines is 1. The number of amides is 4. The molecular weight excluding hydrogens is 378 g/mol. The van der Waals surface area contributed by atoms with Crippen LogP contribution in [0.4, 0.5) is 16.2 Å². The zero-order chi connectivity index (χ0) is 21.0. The largest absolute Gasteiger partial charge is 0.481 e. The number of hydrogen-bond acceptors (Lipinski definition) is 6. The summed E-state index contributed by atoms with van der Waals surface area (Å²) in [6, 6.07) is 10.5. The smallest absolute Gasteiger partial charge is 0.335 e. The lowest BCUT2D eigenvalue weighted by molar-refractivity contribution is -0.384. The molecule has 1 N–H and O–H groups in total. The summed E-state index contributed by atoms with van der Waals surface area (Å²) in [6.45, 7) is 0.0501. The van der Waals surface area contributed by atoms with Crippen LogP contribution in [0.5, 0.6) is 5.75 Å². The van der Waals surface area contributed by atoms with E-state index in [9.17, 15) is 24.5 Å². The van der Waals surface area contributed by atoms with Crippen LogP contribution >= 0.6 is 0 Å². The highest BCUT2D eigenvalue weighted by molar-refractivity contribution is 6.39. The molecular formula is C20H13N3O6. The lowest BCUT2D eigenvalue weighted by Gasteiger charge is -2.26. The fourth-order valence-electron chi connectivity index (χ4n) is 2.62. The molecule has 4 amide bonds. The number of benzene rings is 2. The third-order valence-corrected chi connectivity index (χ3v) is 3.89. The lowest BCUT2D eigenvalue weighted by atomic mass is 10.1. The molecule has 0 unspecified atom stereocenters. The van der Waals surface area contributed by atoms with E-state index < -0.39 is 22.8 Å². The quantitative estimate of drug-likeness (QED) is 0.275. The fraction of sp³-hybridized carbons (Fsp3) is 0.0500. The number of nitro benzene ring substituents is 1. The average molecular weight is 391 g/mol. The van der Waals surface area contributed by atoms with E-state index in [1.54, 1.807) is 24.3 Å². The summed E-state index contributed by atoms with van der Waals surface area (Å²) in [4.78, 5) is 48.2. The molecule has 0 aliphatic carbocycles. The van der Waals surface area contributed by atoms with E-state index in [0.717, 1.165) is 6.07 Å². The number of urea groups is 1. The van der Waals surface area contributed by atoms with Gasteiger partial charge in [-0.1, -0.05) is 24.1 Å². The van der Waals surface area contributed by atoms with Crippen LogP contribution in [0, 0.1) is 22.5 Å². The molecule has 0 bridgehead atoms. The predicted octanol–water partition coefficient (Wildman–Crippen LogP) is 2.27. The Kier molecular flexibility index (Phi) is 5.37. The van der Waals surface area contributed by atoms with Crippen LogP contribution in [0.2, 0.25) is 0 Å². The van der Waals surface area contributed by atoms with Gasteiger partial charge in [-0.15, -0.1) is 6.42 Å². The minimum absolute atomic E-state index is 0.0359. The third kappa shape index (κ3) is 4.12. The van der Waals surface area contributed by atoms with Gasteiger partial charge in [-0.25, -0.2) is 9.69 Å². The van der Waals surface area contributed by atoms with Crippen molar-refractivity contribution >= 4 is 35.3 Å². The Morgan fingerprint density at radius 1 is 1.17 bits per heavy atom. The monoisotopic (exact) mass is 391 g/mol. The molecule has 0 radical (unpaired) electrons. The number of barbiturate groups is 1. The van der Waals surface area contributed by atoms with Crippen LogP contribution < -0.4 is 15.0 Å². The lowest BCUT2D eigenvalue weighted by Crippen LogP contribution is -2.54. The second-order valence-electron chi connectivity index (χ2n) is 5.80. The molecule has 0 aromatic heterocycles. The van der Waals surface area contributed by atoms with Gasteiger partial charge in [-0.05, 0) is 29.8 Å². The van der Waals surface area contributed by atoms with Gasteiger partial charge in [-0.2, -0.15) is 0 Å². The molecule has 1 saturated heterocycles. The average Bonchev–Trinajstić information content (AvgIpc) is 2.70. The summed E-state index contributed by atoms with van der Waals surface area (Å²) >= 11 is 0. The van der Waals surface area contributed by atoms with Crippen molar-refractivity contribution in [3.05, 3.63) is 69.8 Å². The number of carbonyl (C=O) groups is 3. The Morgan fingerprint density at radius 3 is 2.66 bits per heavy atom. The van der Waals surface area contributed by atoms with Crippen molar-refractivity contribution in [1.82, 2.24) is 5.32 Å². The van der Waals surface area contributed by atoms with Crippen molar-refractivity contribution in [2.24, 2.45) is 0 Å². The first kappa shape index (κ1) is 19.3. The second-order valence-corrected chi connectivity index (χ2v) is 5.80. The SMILES string of the molecule is C#CCOc1cccc(/C=C2/C(=O)NC(=O)N(c3cccc([N+](=O)[O-])c3)C2=O)c1. The Morgan fingerprint density at radius 2 is 1.93 bits per heavy atom. The summed E-state index contributed by atoms with van der Waals surface area (Å²) < 4.78 is 5.30. The Balaban J connectivity index is 1.97. The van der Waals surface area contributed by atoms with Gasteiger partial charge in [0.15, 0.2) is 0 Å². The van der Waals surface area contributed by atoms with E-state index >= 15 is 0 Å². The van der Waals surface area contributed by atoms with Crippen molar-refractivity contribution in [1.29, 1.82) is 0 Å². The van der Waals surface area contributed by atoms with Crippen molar-refractivity contribution < 1.29 is 24.0 Å². The molecule has 2 aromatic carbocycles. The highest BCUT2D eigenvalue weighted by Gasteiger charge is 2.37. The normalized spacial score (nSPS) is 15.1. The minimum Gasteiger partial charge on any atom is -0.481 e. The Labute approximate surface area is 164 Å². The number of imide groups is 2. The number of nitrogens with zero attached hydrogens (tertiary/aromatic N) is 2. The van der Waals surface area contributed by atoms with E-state index in [1.807, 2.05) is 0 Å². The van der Waals surface area contributed by atoms with Gasteiger partial charge in [0.1, 0.15) is 17.9 Å². The van der Waals surface area contributed by atoms with Crippen LogP contribution in [0.3, 0.4) is 0 Å². The second kappa shape index (κ2) is 8.06. The Bertz CT molecular complexity index is 1100. The molecule has 2 aromatic rings. The first-order valence-corrected chi connectivity index (χ1v) is 8.23. The van der Waals surface area contributed by atoms with Gasteiger partial charge in [0.2, 0.25) is 0 Å². The standard InChI is InChI=1S/C20H13N3O6/c1-2-9-29-16-8-3-5-13(10-16)11-17-18(24)21-20(26)22(19(17)25)14-6-4-7-15(12-14)23(27)28/h1,3-8,10-12H,9H2,(H,21,24,26)/b17-11-. The summed E-state index contributed by atoms with van der Waals surface area (Å²) in [5, 5.41) is 13.0. The molecule has 29 heavy (non-hydrogen) atoms. The number of terminal acetylenes is 1. The highest BCUT2D eigenvalue weighted by Crippen LogP contribution is 2.26. The van der Waals surface area contributed by atoms with Gasteiger partial charge in [0.25, 0.3) is 17.5 Å². The number of nitrogens with one attached hydrogen (secondary N) is 1. The number of ether oxygens (including phenoxy) is 1. The predicted molar refractivity (Wildman–Crippen MR) is 103 cm³/mol. The van der Waals surface area contributed by atoms with Crippen LogP contribution in [0.25, 0.3) is 6.08 Å². The first-order chi connectivity index (χ1) is 13.9. The maximum atomic E-state index is 12.8. The van der Waals surface area contributed by atoms with E-state index in [4.69, 9.17) is 11.2 Å². The molecule has 9 heteroatoms. The van der Waals surface area contributed by atoms with Crippen molar-refractivity contribution in [2.45, 2.75) is 0 Å². The van der Waals surface area contributed by atoms with E-state index in [0.29, 0.717) is 16.2 Å². The minimum atomic E-state index is -0.997. The molecule has 0 spiro atoms. The van der Waals surface area contributed by atoms with Gasteiger partial charge < -0.3 is 4.74 Å². The zero-order valence-corrected chi connectivity index (χ0v) is 14.8. The van der Waals surface area contributed by atoms with Gasteiger partial charge in [0, 0.05) is 12.1 Å². The maximum Gasteiger partial charge on any atom is 0.335 e. The van der Waals surface area contributed by atoms with E-state index in [1.165, 1.54) is 24.3 Å². The van der Waals surface area contributed by atoms with Crippen LogP contribution in [0.1, 0.15) is 5.56 Å². The molecule has 3 rings (SSSR count). The van der Waals surface area contributed by atoms with E-state index in [2.05, 4.69) is 11.2 Å². The maximum absolute atomic E-state index is 12.8.